The number of hydrogen-bond donors (Lipinski definition) is 1. The molecule has 21 heavy (non-hydrogen) atoms. The summed E-state index contributed by atoms with van der Waals surface area (Å²) in [6.07, 6.45) is 0. The van der Waals surface area contributed by atoms with Crippen LogP contribution in [0.2, 0.25) is 10.0 Å². The van der Waals surface area contributed by atoms with Crippen molar-refractivity contribution in [1.82, 2.24) is 9.55 Å². The Morgan fingerprint density at radius 3 is 2.67 bits per heavy atom. The molecule has 1 N–H and O–H groups in total. The van der Waals surface area contributed by atoms with Crippen molar-refractivity contribution >= 4 is 46.5 Å². The van der Waals surface area contributed by atoms with Crippen molar-refractivity contribution in [2.24, 2.45) is 0 Å². The molecule has 108 valence electrons. The smallest absolute Gasteiger partial charge is 0.182 e. The van der Waals surface area contributed by atoms with Gasteiger partial charge in [-0.25, -0.2) is 4.39 Å². The summed E-state index contributed by atoms with van der Waals surface area (Å²) in [6, 6.07) is 8.00. The molecule has 7 heteroatoms. The molecule has 2 aromatic carbocycles. The number of benzene rings is 2. The number of aromatic nitrogens is 2. The van der Waals surface area contributed by atoms with Crippen LogP contribution in [0.4, 0.5) is 4.39 Å². The Kier molecular flexibility index (Phi) is 3.65. The average Bonchev–Trinajstić information content (AvgIpc) is 2.73. The molecule has 0 aliphatic carbocycles. The Morgan fingerprint density at radius 2 is 2.00 bits per heavy atom. The molecule has 0 atom stereocenters. The molecule has 0 saturated heterocycles. The number of rotatable bonds is 2. The van der Waals surface area contributed by atoms with E-state index in [1.807, 2.05) is 0 Å². The van der Waals surface area contributed by atoms with E-state index in [0.29, 0.717) is 31.5 Å². The maximum absolute atomic E-state index is 13.8. The molecular formula is C14H9Cl2FN2OS. The number of nitrogens with one attached hydrogen (secondary N) is 1. The summed E-state index contributed by atoms with van der Waals surface area (Å²) in [6.45, 7) is 0. The Balaban J connectivity index is 2.36. The quantitative estimate of drug-likeness (QED) is 0.653. The third kappa shape index (κ3) is 2.41. The van der Waals surface area contributed by atoms with Gasteiger partial charge in [0.1, 0.15) is 0 Å². The van der Waals surface area contributed by atoms with Crippen molar-refractivity contribution in [1.29, 1.82) is 0 Å². The molecule has 0 amide bonds. The summed E-state index contributed by atoms with van der Waals surface area (Å²) in [7, 11) is 1.41. The van der Waals surface area contributed by atoms with Gasteiger partial charge in [-0.3, -0.25) is 4.57 Å². The van der Waals surface area contributed by atoms with Crippen molar-refractivity contribution < 1.29 is 9.13 Å². The van der Waals surface area contributed by atoms with Crippen molar-refractivity contribution in [3.05, 3.63) is 51.0 Å². The van der Waals surface area contributed by atoms with Crippen molar-refractivity contribution in [3.8, 4) is 11.4 Å². The van der Waals surface area contributed by atoms with Crippen LogP contribution in [0.3, 0.4) is 0 Å². The van der Waals surface area contributed by atoms with Crippen LogP contribution in [0.5, 0.6) is 5.75 Å². The van der Waals surface area contributed by atoms with Gasteiger partial charge in [0.25, 0.3) is 0 Å². The van der Waals surface area contributed by atoms with Crippen LogP contribution in [0, 0.1) is 10.6 Å². The van der Waals surface area contributed by atoms with Crippen LogP contribution in [-0.2, 0) is 0 Å². The number of aromatic amines is 1. The molecule has 0 bridgehead atoms. The molecule has 3 rings (SSSR count). The molecule has 3 aromatic rings. The van der Waals surface area contributed by atoms with E-state index in [0.717, 1.165) is 0 Å². The van der Waals surface area contributed by atoms with Crippen LogP contribution < -0.4 is 4.74 Å². The molecule has 0 aliphatic rings. The van der Waals surface area contributed by atoms with Gasteiger partial charge in [0.05, 0.1) is 28.9 Å². The summed E-state index contributed by atoms with van der Waals surface area (Å²) in [4.78, 5) is 2.95. The van der Waals surface area contributed by atoms with Crippen molar-refractivity contribution in [2.75, 3.05) is 7.11 Å². The number of hydrogen-bond acceptors (Lipinski definition) is 2. The fraction of sp³-hybridized carbons (Fsp3) is 0.0714. The molecule has 1 heterocycles. The van der Waals surface area contributed by atoms with Gasteiger partial charge < -0.3 is 9.72 Å². The molecule has 0 unspecified atom stereocenters. The second-order valence-corrected chi connectivity index (χ2v) is 5.60. The number of ether oxygens (including phenoxy) is 1. The molecule has 0 aliphatic heterocycles. The highest BCUT2D eigenvalue weighted by atomic mass is 35.5. The van der Waals surface area contributed by atoms with E-state index in [2.05, 4.69) is 4.98 Å². The first-order valence-corrected chi connectivity index (χ1v) is 7.11. The molecule has 1 aromatic heterocycles. The van der Waals surface area contributed by atoms with Crippen LogP contribution in [-0.4, -0.2) is 16.7 Å². The minimum absolute atomic E-state index is 0.135. The van der Waals surface area contributed by atoms with E-state index in [1.165, 1.54) is 13.2 Å². The van der Waals surface area contributed by atoms with E-state index in [4.69, 9.17) is 40.2 Å². The van der Waals surface area contributed by atoms with Gasteiger partial charge in [-0.2, -0.15) is 0 Å². The Bertz CT molecular complexity index is 904. The molecule has 0 fully saturated rings. The maximum Gasteiger partial charge on any atom is 0.182 e. The Labute approximate surface area is 134 Å². The minimum atomic E-state index is -0.462. The molecule has 0 spiro atoms. The number of H-pyrrole nitrogens is 1. The number of nitrogens with zero attached hydrogens (tertiary/aromatic N) is 1. The molecular weight excluding hydrogens is 334 g/mol. The summed E-state index contributed by atoms with van der Waals surface area (Å²) >= 11 is 17.4. The topological polar surface area (TPSA) is 29.9 Å². The van der Waals surface area contributed by atoms with E-state index in [-0.39, 0.29) is 5.75 Å². The predicted molar refractivity (Wildman–Crippen MR) is 85.0 cm³/mol. The predicted octanol–water partition coefficient (Wildman–Crippen LogP) is 5.14. The standard InChI is InChI=1S/C14H9Cl2FN2OS/c1-20-13-6-12-10(5-9(13)17)18-14(21)19(12)11-3-2-7(15)4-8(11)16/h2-6H,1H3,(H,18,21). The van der Waals surface area contributed by atoms with Crippen molar-refractivity contribution in [2.45, 2.75) is 0 Å². The lowest BCUT2D eigenvalue weighted by Crippen LogP contribution is -1.96. The lowest BCUT2D eigenvalue weighted by molar-refractivity contribution is 0.387. The third-order valence-electron chi connectivity index (χ3n) is 3.11. The van der Waals surface area contributed by atoms with Crippen LogP contribution in [0.1, 0.15) is 0 Å². The van der Waals surface area contributed by atoms with Crippen LogP contribution >= 0.6 is 35.4 Å². The van der Waals surface area contributed by atoms with Crippen molar-refractivity contribution in [3.63, 3.8) is 0 Å². The summed E-state index contributed by atoms with van der Waals surface area (Å²) < 4.78 is 20.9. The van der Waals surface area contributed by atoms with Gasteiger partial charge in [0.15, 0.2) is 16.3 Å². The first kappa shape index (κ1) is 14.4. The zero-order chi connectivity index (χ0) is 15.1. The number of methoxy groups -OCH3 is 1. The zero-order valence-corrected chi connectivity index (χ0v) is 13.1. The zero-order valence-electron chi connectivity index (χ0n) is 10.8. The highest BCUT2D eigenvalue weighted by Crippen LogP contribution is 2.30. The summed E-state index contributed by atoms with van der Waals surface area (Å²) in [5, 5.41) is 0.974. The monoisotopic (exact) mass is 342 g/mol. The van der Waals surface area contributed by atoms with E-state index in [9.17, 15) is 4.39 Å². The average molecular weight is 343 g/mol. The first-order chi connectivity index (χ1) is 10.0. The maximum atomic E-state index is 13.8. The SMILES string of the molecule is COc1cc2c(cc1F)[nH]c(=S)n2-c1ccc(Cl)cc1Cl. The molecule has 3 nitrogen and oxygen atoms in total. The first-order valence-electron chi connectivity index (χ1n) is 5.95. The molecule has 0 saturated carbocycles. The summed E-state index contributed by atoms with van der Waals surface area (Å²) in [5.41, 5.74) is 1.89. The van der Waals surface area contributed by atoms with E-state index >= 15 is 0 Å². The van der Waals surface area contributed by atoms with Gasteiger partial charge in [-0.15, -0.1) is 0 Å². The lowest BCUT2D eigenvalue weighted by Gasteiger charge is -2.08. The van der Waals surface area contributed by atoms with Gasteiger partial charge in [0.2, 0.25) is 0 Å². The Hall–Kier alpha value is -1.56. The molecule has 0 radical (unpaired) electrons. The number of fused-ring (bicyclic) bond motifs is 1. The van der Waals surface area contributed by atoms with Gasteiger partial charge in [-0.1, -0.05) is 23.2 Å². The normalized spacial score (nSPS) is 11.0. The van der Waals surface area contributed by atoms with Gasteiger partial charge >= 0.3 is 0 Å². The number of imidazole rings is 1. The fourth-order valence-electron chi connectivity index (χ4n) is 2.17. The number of halogens is 3. The van der Waals surface area contributed by atoms with E-state index in [1.54, 1.807) is 28.8 Å². The largest absolute Gasteiger partial charge is 0.494 e. The Morgan fingerprint density at radius 1 is 1.24 bits per heavy atom. The highest BCUT2D eigenvalue weighted by molar-refractivity contribution is 7.71. The minimum Gasteiger partial charge on any atom is -0.494 e. The second kappa shape index (κ2) is 5.33. The van der Waals surface area contributed by atoms with Crippen LogP contribution in [0.15, 0.2) is 30.3 Å². The van der Waals surface area contributed by atoms with Crippen LogP contribution in [0.25, 0.3) is 16.7 Å². The highest BCUT2D eigenvalue weighted by Gasteiger charge is 2.13. The van der Waals surface area contributed by atoms with Gasteiger partial charge in [-0.05, 0) is 30.4 Å². The summed E-state index contributed by atoms with van der Waals surface area (Å²) in [5.74, 6) is -0.328. The second-order valence-electron chi connectivity index (χ2n) is 4.37. The lowest BCUT2D eigenvalue weighted by atomic mass is 10.2. The van der Waals surface area contributed by atoms with E-state index < -0.39 is 5.82 Å². The fourth-order valence-corrected chi connectivity index (χ4v) is 2.97. The van der Waals surface area contributed by atoms with Gasteiger partial charge in [0, 0.05) is 17.2 Å². The third-order valence-corrected chi connectivity index (χ3v) is 3.93.